The van der Waals surface area contributed by atoms with Crippen LogP contribution in [0.1, 0.15) is 32.1 Å². The highest BCUT2D eigenvalue weighted by atomic mass is 32.1. The number of rotatable bonds is 3. The van der Waals surface area contributed by atoms with Gasteiger partial charge in [-0.05, 0) is 31.5 Å². The second kappa shape index (κ2) is 7.02. The van der Waals surface area contributed by atoms with Crippen molar-refractivity contribution in [2.24, 2.45) is 5.73 Å². The van der Waals surface area contributed by atoms with Crippen LogP contribution in [0.3, 0.4) is 0 Å². The Morgan fingerprint density at radius 2 is 2.24 bits per heavy atom. The zero-order valence-electron chi connectivity index (χ0n) is 12.1. The van der Waals surface area contributed by atoms with E-state index in [0.29, 0.717) is 18.7 Å². The third-order valence-electron chi connectivity index (χ3n) is 3.16. The molecule has 0 spiro atoms. The smallest absolute Gasteiger partial charge is 0.251 e. The van der Waals surface area contributed by atoms with Crippen LogP contribution in [0.4, 0.5) is 0 Å². The Balaban J connectivity index is 2.14. The van der Waals surface area contributed by atoms with Crippen LogP contribution >= 0.6 is 11.3 Å². The van der Waals surface area contributed by atoms with Gasteiger partial charge in [-0.15, -0.1) is 11.3 Å². The number of aromatic nitrogens is 1. The van der Waals surface area contributed by atoms with Crippen molar-refractivity contribution in [3.63, 3.8) is 0 Å². The zero-order valence-corrected chi connectivity index (χ0v) is 12.9. The summed E-state index contributed by atoms with van der Waals surface area (Å²) >= 11 is 1.54. The molecular formula is C16H17N3OS. The Morgan fingerprint density at radius 1 is 1.43 bits per heavy atom. The first-order chi connectivity index (χ1) is 10.1. The molecule has 1 heterocycles. The fourth-order valence-corrected chi connectivity index (χ4v) is 2.63. The van der Waals surface area contributed by atoms with Crippen LogP contribution in [0.25, 0.3) is 0 Å². The second-order valence-corrected chi connectivity index (χ2v) is 5.47. The number of amides is 1. The molecule has 108 valence electrons. The molecule has 1 aromatic heterocycles. The molecule has 0 atom stereocenters. The molecule has 0 saturated heterocycles. The molecule has 0 fully saturated rings. The topological polar surface area (TPSA) is 68.0 Å². The lowest BCUT2D eigenvalue weighted by molar-refractivity contribution is 0.0950. The lowest BCUT2D eigenvalue weighted by atomic mass is 10.0. The summed E-state index contributed by atoms with van der Waals surface area (Å²) < 4.78 is 0. The summed E-state index contributed by atoms with van der Waals surface area (Å²) in [6.07, 6.45) is 0. The van der Waals surface area contributed by atoms with Gasteiger partial charge in [0.2, 0.25) is 0 Å². The summed E-state index contributed by atoms with van der Waals surface area (Å²) in [4.78, 5) is 17.5. The minimum absolute atomic E-state index is 0.100. The van der Waals surface area contributed by atoms with E-state index < -0.39 is 0 Å². The average Bonchev–Trinajstić information content (AvgIpc) is 2.89. The molecule has 0 unspecified atom stereocenters. The van der Waals surface area contributed by atoms with Crippen LogP contribution in [-0.4, -0.2) is 17.4 Å². The van der Waals surface area contributed by atoms with E-state index in [1.807, 2.05) is 26.0 Å². The van der Waals surface area contributed by atoms with E-state index in [4.69, 9.17) is 5.73 Å². The number of carbonyl (C=O) groups excluding carboxylic acids is 1. The summed E-state index contributed by atoms with van der Waals surface area (Å²) in [5.41, 5.74) is 10.5. The van der Waals surface area contributed by atoms with Crippen molar-refractivity contribution in [3.05, 3.63) is 51.0 Å². The summed E-state index contributed by atoms with van der Waals surface area (Å²) in [6, 6.07) is 5.53. The minimum atomic E-state index is -0.100. The molecule has 21 heavy (non-hydrogen) atoms. The fraction of sp³-hybridized carbons (Fsp3) is 0.250. The van der Waals surface area contributed by atoms with Crippen molar-refractivity contribution in [2.75, 3.05) is 6.54 Å². The summed E-state index contributed by atoms with van der Waals surface area (Å²) in [5, 5.41) is 2.92. The van der Waals surface area contributed by atoms with Crippen molar-refractivity contribution in [1.82, 2.24) is 10.3 Å². The number of hydrogen-bond acceptors (Lipinski definition) is 4. The molecule has 0 saturated carbocycles. The summed E-state index contributed by atoms with van der Waals surface area (Å²) in [7, 11) is 0. The zero-order chi connectivity index (χ0) is 15.2. The van der Waals surface area contributed by atoms with Crippen LogP contribution in [-0.2, 0) is 6.54 Å². The number of thiazole rings is 1. The van der Waals surface area contributed by atoms with E-state index in [2.05, 4.69) is 22.1 Å². The van der Waals surface area contributed by atoms with E-state index in [-0.39, 0.29) is 5.91 Å². The predicted molar refractivity (Wildman–Crippen MR) is 85.1 cm³/mol. The molecule has 2 aromatic rings. The first-order valence-electron chi connectivity index (χ1n) is 6.59. The van der Waals surface area contributed by atoms with Crippen LogP contribution in [0, 0.1) is 25.7 Å². The largest absolute Gasteiger partial charge is 0.347 e. The third kappa shape index (κ3) is 3.69. The van der Waals surface area contributed by atoms with Crippen molar-refractivity contribution >= 4 is 17.2 Å². The lowest BCUT2D eigenvalue weighted by Crippen LogP contribution is -2.23. The minimum Gasteiger partial charge on any atom is -0.347 e. The number of hydrogen-bond donors (Lipinski definition) is 2. The van der Waals surface area contributed by atoms with E-state index >= 15 is 0 Å². The van der Waals surface area contributed by atoms with E-state index in [0.717, 1.165) is 21.7 Å². The maximum Gasteiger partial charge on any atom is 0.251 e. The lowest BCUT2D eigenvalue weighted by Gasteiger charge is -2.08. The molecular weight excluding hydrogens is 282 g/mol. The van der Waals surface area contributed by atoms with Gasteiger partial charge in [-0.25, -0.2) is 4.98 Å². The van der Waals surface area contributed by atoms with Gasteiger partial charge in [0.25, 0.3) is 5.91 Å². The van der Waals surface area contributed by atoms with Crippen LogP contribution in [0.2, 0.25) is 0 Å². The number of nitrogens with two attached hydrogens (primary N) is 1. The van der Waals surface area contributed by atoms with Crippen molar-refractivity contribution in [1.29, 1.82) is 0 Å². The predicted octanol–water partition coefficient (Wildman–Crippen LogP) is 2.00. The number of nitrogens with zero attached hydrogens (tertiary/aromatic N) is 1. The quantitative estimate of drug-likeness (QED) is 0.852. The number of benzene rings is 1. The molecule has 1 aromatic carbocycles. The molecule has 0 aliphatic carbocycles. The molecule has 3 N–H and O–H groups in total. The van der Waals surface area contributed by atoms with Gasteiger partial charge in [0.1, 0.15) is 0 Å². The Labute approximate surface area is 128 Å². The van der Waals surface area contributed by atoms with Gasteiger partial charge in [-0.1, -0.05) is 17.9 Å². The Hall–Kier alpha value is -2.16. The van der Waals surface area contributed by atoms with Crippen LogP contribution < -0.4 is 11.1 Å². The van der Waals surface area contributed by atoms with Crippen molar-refractivity contribution in [2.45, 2.75) is 20.4 Å². The van der Waals surface area contributed by atoms with E-state index in [1.165, 1.54) is 0 Å². The molecule has 0 aliphatic heterocycles. The monoisotopic (exact) mass is 299 g/mol. The highest BCUT2D eigenvalue weighted by Crippen LogP contribution is 2.15. The maximum atomic E-state index is 12.3. The van der Waals surface area contributed by atoms with Crippen molar-refractivity contribution in [3.8, 4) is 11.8 Å². The molecule has 0 aliphatic rings. The first-order valence-corrected chi connectivity index (χ1v) is 7.47. The average molecular weight is 299 g/mol. The standard InChI is InChI=1S/C16H17N3OS/c1-11-13(6-4-8-17)5-3-7-14(11)16(20)18-9-15-12(2)19-10-21-15/h3,5,7,10H,8-9,17H2,1-2H3,(H,18,20). The maximum absolute atomic E-state index is 12.3. The molecule has 2 rings (SSSR count). The van der Waals surface area contributed by atoms with Crippen LogP contribution in [0.5, 0.6) is 0 Å². The molecule has 0 radical (unpaired) electrons. The van der Waals surface area contributed by atoms with E-state index in [9.17, 15) is 4.79 Å². The molecule has 5 heteroatoms. The SMILES string of the molecule is Cc1ncsc1CNC(=O)c1cccc(C#CCN)c1C. The highest BCUT2D eigenvalue weighted by Gasteiger charge is 2.11. The number of aryl methyl sites for hydroxylation is 1. The normalized spacial score (nSPS) is 9.86. The molecule has 4 nitrogen and oxygen atoms in total. The third-order valence-corrected chi connectivity index (χ3v) is 4.09. The van der Waals surface area contributed by atoms with Gasteiger partial charge in [0, 0.05) is 16.0 Å². The molecule has 1 amide bonds. The van der Waals surface area contributed by atoms with Crippen molar-refractivity contribution < 1.29 is 4.79 Å². The number of nitrogens with one attached hydrogen (secondary N) is 1. The van der Waals surface area contributed by atoms with Gasteiger partial charge in [-0.2, -0.15) is 0 Å². The van der Waals surface area contributed by atoms with Gasteiger partial charge >= 0.3 is 0 Å². The number of carbonyl (C=O) groups is 1. The van der Waals surface area contributed by atoms with E-state index in [1.54, 1.807) is 22.9 Å². The Bertz CT molecular complexity index is 710. The summed E-state index contributed by atoms with van der Waals surface area (Å²) in [6.45, 7) is 4.63. The molecule has 0 bridgehead atoms. The van der Waals surface area contributed by atoms with Crippen LogP contribution in [0.15, 0.2) is 23.7 Å². The van der Waals surface area contributed by atoms with Gasteiger partial charge in [0.05, 0.1) is 24.3 Å². The van der Waals surface area contributed by atoms with Gasteiger partial charge < -0.3 is 11.1 Å². The highest BCUT2D eigenvalue weighted by molar-refractivity contribution is 7.09. The van der Waals surface area contributed by atoms with Gasteiger partial charge in [-0.3, -0.25) is 4.79 Å². The second-order valence-electron chi connectivity index (χ2n) is 4.53. The first kappa shape index (κ1) is 15.2. The Kier molecular flexibility index (Phi) is 5.09. The Morgan fingerprint density at radius 3 is 2.90 bits per heavy atom. The fourth-order valence-electron chi connectivity index (χ4n) is 1.91. The summed E-state index contributed by atoms with van der Waals surface area (Å²) in [5.74, 6) is 5.70. The van der Waals surface area contributed by atoms with Gasteiger partial charge in [0.15, 0.2) is 0 Å².